The summed E-state index contributed by atoms with van der Waals surface area (Å²) >= 11 is 12.9. The minimum Gasteiger partial charge on any atom is -0.496 e. The Hall–Kier alpha value is -12.2. The fourth-order valence-corrected chi connectivity index (χ4v) is 26.1. The number of benzene rings is 5. The number of amides is 12. The van der Waals surface area contributed by atoms with Gasteiger partial charge in [-0.2, -0.15) is 0 Å². The summed E-state index contributed by atoms with van der Waals surface area (Å²) in [5.74, 6) is 0.284. The van der Waals surface area contributed by atoms with Crippen LogP contribution in [0.5, 0.6) is 11.5 Å². The summed E-state index contributed by atoms with van der Waals surface area (Å²) in [5, 5.41) is 15.4. The van der Waals surface area contributed by atoms with Gasteiger partial charge >= 0.3 is 0 Å². The Morgan fingerprint density at radius 1 is 0.393 bits per heavy atom. The molecule has 6 aliphatic rings. The van der Waals surface area contributed by atoms with Crippen molar-refractivity contribution >= 4 is 195 Å². The van der Waals surface area contributed by atoms with Crippen LogP contribution in [-0.4, -0.2) is 270 Å². The third-order valence-corrected chi connectivity index (χ3v) is 35.6. The number of nitrogens with zero attached hydrogens (tertiary/aromatic N) is 14. The van der Waals surface area contributed by atoms with E-state index in [1.165, 1.54) is 123 Å². The average molecular weight is 2200 g/mol. The van der Waals surface area contributed by atoms with Crippen molar-refractivity contribution in [1.82, 2.24) is 68.4 Å². The van der Waals surface area contributed by atoms with Gasteiger partial charge in [0.25, 0.3) is 35.4 Å². The molecule has 16 rings (SSSR count). The summed E-state index contributed by atoms with van der Waals surface area (Å²) in [4.78, 5) is 191. The van der Waals surface area contributed by atoms with E-state index in [1.807, 2.05) is 173 Å². The van der Waals surface area contributed by atoms with Crippen molar-refractivity contribution in [3.8, 4) is 11.5 Å². The third-order valence-electron chi connectivity index (χ3n) is 26.4. The molecule has 2 aliphatic carbocycles. The van der Waals surface area contributed by atoms with Crippen LogP contribution in [-0.2, 0) is 35.3 Å². The van der Waals surface area contributed by atoms with Gasteiger partial charge < -0.3 is 64.2 Å². The number of hydrogen-bond acceptors (Lipinski definition) is 29. The Morgan fingerprint density at radius 3 is 1.03 bits per heavy atom. The number of aromatic nitrogens is 5. The molecule has 2 saturated carbocycles. The quantitative estimate of drug-likeness (QED) is 0.0284. The molecule has 10 aromatic rings. The van der Waals surface area contributed by atoms with Crippen LogP contribution in [0, 0.1) is 53.4 Å². The maximum absolute atomic E-state index is 13.7. The molecular formula is C109H130N18O14S9. The Labute approximate surface area is 914 Å². The van der Waals surface area contributed by atoms with Crippen molar-refractivity contribution in [3.05, 3.63) is 232 Å². The molecule has 4 aliphatic heterocycles. The molecule has 4 N–H and O–H groups in total. The number of anilines is 4. The molecule has 0 unspecified atom stereocenters. The number of methoxy groups -OCH3 is 2. The highest BCUT2D eigenvalue weighted by atomic mass is 32.2. The highest BCUT2D eigenvalue weighted by molar-refractivity contribution is 8.02. The number of aryl methyl sites for hydroxylation is 6. The molecule has 0 radical (unpaired) electrons. The molecule has 12 amide bonds. The molecule has 9 heterocycles. The van der Waals surface area contributed by atoms with Crippen LogP contribution >= 0.6 is 104 Å². The van der Waals surface area contributed by atoms with E-state index in [-0.39, 0.29) is 107 Å². The van der Waals surface area contributed by atoms with Crippen molar-refractivity contribution < 1.29 is 67.0 Å². The predicted octanol–water partition coefficient (Wildman–Crippen LogP) is 19.9. The average Bonchev–Trinajstić information content (AvgIpc) is 0.919. The number of thiazole rings is 4. The highest BCUT2D eigenvalue weighted by Crippen LogP contribution is 2.45. The zero-order valence-electron chi connectivity index (χ0n) is 87.1. The van der Waals surface area contributed by atoms with Gasteiger partial charge in [-0.25, -0.2) is 24.3 Å². The second-order valence-electron chi connectivity index (χ2n) is 37.4. The molecular weight excluding hydrogens is 2070 g/mol. The molecule has 4 saturated heterocycles. The van der Waals surface area contributed by atoms with Gasteiger partial charge in [-0.1, -0.05) is 171 Å². The van der Waals surface area contributed by atoms with E-state index in [0.29, 0.717) is 150 Å². The summed E-state index contributed by atoms with van der Waals surface area (Å²) < 4.78 is 18.8. The SMILES string of the molecule is C=CC(=O)N1CCCN(C(=O)c2cc(Sc3cnc(NC(=O)C4CC4)s3)c(C)cc2C)C[C@H]1CC.C=CC(=O)N1CCCN(C(=O)c2cc(Sc3cnc(NC(=O)C4CC4)s3)c(C)cc2OC)C[C@H]1CC.C=CC(=O)N1CCCN(C(=O)c2cc(Sc3cnc(NC(=O)c4cnsc4)s3)c(C)cc2C)C[C@H]1CC.C=CC(=O)N1CCN(C(=O)c2cc(Sc3cnc(NC(=O)c4cccc(CN(C)C)c4)s3)c(C)cc2OC)C[C@H]1CC. The largest absolute Gasteiger partial charge is 0.496 e. The smallest absolute Gasteiger partial charge is 0.259 e. The van der Waals surface area contributed by atoms with Crippen LogP contribution in [0.4, 0.5) is 20.5 Å². The van der Waals surface area contributed by atoms with Crippen LogP contribution < -0.4 is 30.7 Å². The second kappa shape index (κ2) is 54.2. The number of hydrogen-bond donors (Lipinski definition) is 4. The summed E-state index contributed by atoms with van der Waals surface area (Å²) in [6, 6.07) is 22.9. The number of carbonyl (C=O) groups is 12. The van der Waals surface area contributed by atoms with Crippen molar-refractivity contribution in [2.75, 3.05) is 128 Å². The number of nitrogens with one attached hydrogen (secondary N) is 4. The summed E-state index contributed by atoms with van der Waals surface area (Å²) in [5.41, 5.74) is 10.4. The van der Waals surface area contributed by atoms with E-state index in [0.717, 1.165) is 146 Å². The minimum absolute atomic E-state index is 0.00241. The molecule has 32 nitrogen and oxygen atoms in total. The van der Waals surface area contributed by atoms with E-state index >= 15 is 0 Å². The number of carbonyl (C=O) groups excluding carboxylic acids is 12. The van der Waals surface area contributed by atoms with Gasteiger partial charge in [-0.05, 0) is 250 Å². The Balaban J connectivity index is 0.000000167. The maximum atomic E-state index is 13.7. The second-order valence-corrected chi connectivity index (χ2v) is 47.5. The molecule has 5 aromatic heterocycles. The van der Waals surface area contributed by atoms with Crippen LogP contribution in [0.1, 0.15) is 199 Å². The van der Waals surface area contributed by atoms with E-state index in [4.69, 9.17) is 9.47 Å². The van der Waals surface area contributed by atoms with Crippen LogP contribution in [0.3, 0.4) is 0 Å². The molecule has 794 valence electrons. The monoisotopic (exact) mass is 2200 g/mol. The lowest BCUT2D eigenvalue weighted by atomic mass is 10.0. The van der Waals surface area contributed by atoms with Crippen molar-refractivity contribution in [2.45, 2.75) is 207 Å². The molecule has 0 spiro atoms. The zero-order chi connectivity index (χ0) is 108. The Bertz CT molecular complexity index is 6630. The fourth-order valence-electron chi connectivity index (χ4n) is 17.9. The first-order valence-electron chi connectivity index (χ1n) is 50.0. The predicted molar refractivity (Wildman–Crippen MR) is 598 cm³/mol. The Morgan fingerprint density at radius 2 is 0.713 bits per heavy atom. The molecule has 150 heavy (non-hydrogen) atoms. The van der Waals surface area contributed by atoms with Gasteiger partial charge in [-0.15, -0.1) is 0 Å². The van der Waals surface area contributed by atoms with Gasteiger partial charge in [0.05, 0.1) is 78.7 Å². The van der Waals surface area contributed by atoms with Crippen LogP contribution in [0.2, 0.25) is 0 Å². The fraction of sp³-hybridized carbons (Fsp3) is 0.404. The minimum atomic E-state index is -0.241. The van der Waals surface area contributed by atoms with Gasteiger partial charge in [0.2, 0.25) is 35.4 Å². The lowest BCUT2D eigenvalue weighted by Gasteiger charge is -2.41. The lowest BCUT2D eigenvalue weighted by Crippen LogP contribution is -2.56. The number of rotatable bonds is 32. The van der Waals surface area contributed by atoms with Gasteiger partial charge in [0.15, 0.2) is 20.5 Å². The van der Waals surface area contributed by atoms with E-state index in [9.17, 15) is 57.5 Å². The van der Waals surface area contributed by atoms with Gasteiger partial charge in [0.1, 0.15) is 11.5 Å². The summed E-state index contributed by atoms with van der Waals surface area (Å²) in [7, 11) is 7.10. The molecule has 6 fully saturated rings. The normalized spacial score (nSPS) is 16.7. The first-order chi connectivity index (χ1) is 72.1. The molecule has 4 atom stereocenters. The van der Waals surface area contributed by atoms with E-state index < -0.39 is 0 Å². The third kappa shape index (κ3) is 30.2. The number of ether oxygens (including phenoxy) is 2. The molecule has 0 bridgehead atoms. The molecule has 5 aromatic carbocycles. The first-order valence-corrected chi connectivity index (χ1v) is 57.4. The lowest BCUT2D eigenvalue weighted by molar-refractivity contribution is -0.130. The van der Waals surface area contributed by atoms with Crippen LogP contribution in [0.15, 0.2) is 196 Å². The van der Waals surface area contributed by atoms with Crippen LogP contribution in [0.25, 0.3) is 0 Å². The topological polar surface area (TPSA) is 365 Å². The van der Waals surface area contributed by atoms with Crippen molar-refractivity contribution in [3.63, 3.8) is 0 Å². The van der Waals surface area contributed by atoms with E-state index in [1.54, 1.807) is 72.0 Å². The Kier molecular flexibility index (Phi) is 41.5. The maximum Gasteiger partial charge on any atom is 0.259 e. The summed E-state index contributed by atoms with van der Waals surface area (Å²) in [6.07, 6.45) is 22.9. The highest BCUT2D eigenvalue weighted by Gasteiger charge is 2.39. The van der Waals surface area contributed by atoms with Crippen molar-refractivity contribution in [1.29, 1.82) is 0 Å². The molecule has 41 heteroatoms. The number of piperazine rings is 1. The summed E-state index contributed by atoms with van der Waals surface area (Å²) in [6.45, 7) is 41.7. The van der Waals surface area contributed by atoms with E-state index in [2.05, 4.69) is 82.9 Å². The van der Waals surface area contributed by atoms with Gasteiger partial charge in [-0.3, -0.25) is 68.2 Å². The first kappa shape index (κ1) is 115. The standard InChI is InChI=1S/C31H37N5O4S2.C26H29N5O3S3.C26H32N4O4S2.C26H32N4O3S2/c1-7-23-19-35(12-13-36(23)27(37)8-2)30(39)24-16-26(20(3)14-25(24)40-6)41-28-17-32-31(42-28)33-29(38)22-11-9-10-21(15-22)18-34(4)5;1-5-19-14-30(8-7-9-31(19)22(32)6-2)25(34)20-11-21(17(4)10-16(20)3)36-23-13-27-26(37-23)29-24(33)18-12-28-35-15-18;1-5-18-15-29(10-7-11-30(18)22(31)6-2)25(33)19-13-21(16(3)12-20(19)34-4)35-23-14-27-26(36-23)28-24(32)17-8-9-17;1-5-19-15-29(10-7-11-30(19)22(31)6-2)25(33)20-13-21(17(4)12-16(20)3)34-23-14-27-26(35-23)28-24(32)18-8-9-18/h8-11,14-17,23H,2,7,12-13,18-19H2,1,3-6H3,(H,32,33,38);6,10-13,15,19H,2,5,7-9,14H2,1,3-4H3,(H,27,29,33);6,12-14,17-18H,2,5,7-11,15H2,1,3-4H3,(H,27,28,32);6,12-14,18-19H,2,5,7-11,15H2,1,3-4H3,(H,27,28,32)/t23-;19-;18-;19-/m1111/s1. The zero-order valence-corrected chi connectivity index (χ0v) is 94.5. The van der Waals surface area contributed by atoms with Crippen molar-refractivity contribution in [2.24, 2.45) is 11.8 Å². The van der Waals surface area contributed by atoms with Gasteiger partial charge in [0, 0.05) is 163 Å².